The van der Waals surface area contributed by atoms with Gasteiger partial charge in [-0.1, -0.05) is 0 Å². The van der Waals surface area contributed by atoms with Gasteiger partial charge in [0.1, 0.15) is 6.10 Å². The molecule has 0 radical (unpaired) electrons. The molecular weight excluding hydrogens is 132 g/mol. The summed E-state index contributed by atoms with van der Waals surface area (Å²) in [6.07, 6.45) is 1.52. The monoisotopic (exact) mass is 140 g/mol. The molecule has 54 valence electrons. The maximum atomic E-state index is 10.7. The van der Waals surface area contributed by atoms with Crippen molar-refractivity contribution in [3.8, 4) is 0 Å². The number of ether oxygens (including phenoxy) is 1. The van der Waals surface area contributed by atoms with Crippen LogP contribution in [-0.2, 0) is 14.3 Å². The molecule has 0 fully saturated rings. The van der Waals surface area contributed by atoms with E-state index in [-0.39, 0.29) is 11.9 Å². The number of hydrogen-bond donors (Lipinski definition) is 0. The van der Waals surface area contributed by atoms with Crippen LogP contribution in [0, 0.1) is 0 Å². The largest absolute Gasteiger partial charge is 0.460 e. The molecule has 0 amide bonds. The Hall–Kier alpha value is -1.12. The number of ketones is 1. The number of hydrogen-bond acceptors (Lipinski definition) is 3. The van der Waals surface area contributed by atoms with Gasteiger partial charge in [-0.2, -0.15) is 0 Å². The Labute approximate surface area is 58.7 Å². The standard InChI is InChI=1S/C7H8O3/c1-5-2-6(9)3-7(5)10-4-8/h2,4,7H,3H2,1H3/t7-/m1/s1. The predicted octanol–water partition coefficient (Wildman–Crippen LogP) is 0.447. The van der Waals surface area contributed by atoms with E-state index >= 15 is 0 Å². The molecule has 1 aliphatic carbocycles. The number of carbonyl (C=O) groups excluding carboxylic acids is 2. The molecule has 0 aliphatic heterocycles. The first-order chi connectivity index (χ1) is 4.74. The molecule has 1 aliphatic rings. The highest BCUT2D eigenvalue weighted by Crippen LogP contribution is 2.17. The molecule has 0 N–H and O–H groups in total. The fourth-order valence-corrected chi connectivity index (χ4v) is 0.972. The van der Waals surface area contributed by atoms with Gasteiger partial charge in [0.05, 0.1) is 6.42 Å². The second-order valence-electron chi connectivity index (χ2n) is 2.28. The van der Waals surface area contributed by atoms with E-state index in [1.165, 1.54) is 6.08 Å². The van der Waals surface area contributed by atoms with E-state index in [0.717, 1.165) is 5.57 Å². The average molecular weight is 140 g/mol. The second kappa shape index (κ2) is 2.64. The summed E-state index contributed by atoms with van der Waals surface area (Å²) < 4.78 is 4.62. The van der Waals surface area contributed by atoms with Gasteiger partial charge in [0, 0.05) is 0 Å². The van der Waals surface area contributed by atoms with E-state index in [1.807, 2.05) is 0 Å². The first kappa shape index (κ1) is 6.99. The first-order valence-electron chi connectivity index (χ1n) is 3.04. The first-order valence-corrected chi connectivity index (χ1v) is 3.04. The van der Waals surface area contributed by atoms with Crippen LogP contribution in [0.2, 0.25) is 0 Å². The molecule has 0 heterocycles. The van der Waals surface area contributed by atoms with Gasteiger partial charge in [-0.3, -0.25) is 9.59 Å². The quantitative estimate of drug-likeness (QED) is 0.523. The summed E-state index contributed by atoms with van der Waals surface area (Å²) in [5, 5.41) is 0. The summed E-state index contributed by atoms with van der Waals surface area (Å²) in [6, 6.07) is 0. The van der Waals surface area contributed by atoms with Crippen molar-refractivity contribution < 1.29 is 14.3 Å². The normalized spacial score (nSPS) is 24.3. The van der Waals surface area contributed by atoms with Crippen LogP contribution in [-0.4, -0.2) is 18.4 Å². The topological polar surface area (TPSA) is 43.4 Å². The molecule has 0 spiro atoms. The molecule has 1 atom stereocenters. The van der Waals surface area contributed by atoms with Gasteiger partial charge in [0.2, 0.25) is 0 Å². The molecule has 10 heavy (non-hydrogen) atoms. The minimum atomic E-state index is -0.301. The van der Waals surface area contributed by atoms with Gasteiger partial charge >= 0.3 is 0 Å². The lowest BCUT2D eigenvalue weighted by Gasteiger charge is -2.06. The van der Waals surface area contributed by atoms with Gasteiger partial charge in [-0.05, 0) is 18.6 Å². The molecule has 3 heteroatoms. The van der Waals surface area contributed by atoms with Crippen LogP contribution in [0.15, 0.2) is 11.6 Å². The van der Waals surface area contributed by atoms with Crippen molar-refractivity contribution in [1.82, 2.24) is 0 Å². The molecule has 0 aromatic carbocycles. The van der Waals surface area contributed by atoms with E-state index in [9.17, 15) is 9.59 Å². The van der Waals surface area contributed by atoms with Crippen LogP contribution in [0.5, 0.6) is 0 Å². The number of carbonyl (C=O) groups is 2. The Bertz CT molecular complexity index is 193. The van der Waals surface area contributed by atoms with Crippen molar-refractivity contribution in [2.75, 3.05) is 0 Å². The molecule has 0 aromatic heterocycles. The zero-order valence-corrected chi connectivity index (χ0v) is 5.66. The van der Waals surface area contributed by atoms with Crippen molar-refractivity contribution >= 4 is 12.3 Å². The van der Waals surface area contributed by atoms with Crippen LogP contribution in [0.25, 0.3) is 0 Å². The van der Waals surface area contributed by atoms with E-state index in [1.54, 1.807) is 6.92 Å². The third kappa shape index (κ3) is 1.23. The highest BCUT2D eigenvalue weighted by molar-refractivity contribution is 5.94. The van der Waals surface area contributed by atoms with E-state index < -0.39 is 0 Å². The average Bonchev–Trinajstić information content (AvgIpc) is 2.13. The minimum absolute atomic E-state index is 0.0318. The van der Waals surface area contributed by atoms with Crippen LogP contribution < -0.4 is 0 Å². The lowest BCUT2D eigenvalue weighted by atomic mass is 10.2. The Balaban J connectivity index is 2.59. The third-order valence-corrected chi connectivity index (χ3v) is 1.50. The molecule has 0 saturated heterocycles. The Morgan fingerprint density at radius 1 is 1.80 bits per heavy atom. The van der Waals surface area contributed by atoms with Crippen molar-refractivity contribution in [2.24, 2.45) is 0 Å². The fourth-order valence-electron chi connectivity index (χ4n) is 0.972. The van der Waals surface area contributed by atoms with E-state index in [2.05, 4.69) is 4.74 Å². The molecular formula is C7H8O3. The van der Waals surface area contributed by atoms with Crippen LogP contribution >= 0.6 is 0 Å². The molecule has 0 saturated carbocycles. The van der Waals surface area contributed by atoms with Crippen LogP contribution in [0.3, 0.4) is 0 Å². The highest BCUT2D eigenvalue weighted by Gasteiger charge is 2.22. The Kier molecular flexibility index (Phi) is 1.85. The lowest BCUT2D eigenvalue weighted by molar-refractivity contribution is -0.132. The zero-order chi connectivity index (χ0) is 7.56. The maximum absolute atomic E-state index is 10.7. The minimum Gasteiger partial charge on any atom is -0.460 e. The fraction of sp³-hybridized carbons (Fsp3) is 0.429. The van der Waals surface area contributed by atoms with Gasteiger partial charge < -0.3 is 4.74 Å². The second-order valence-corrected chi connectivity index (χ2v) is 2.28. The zero-order valence-electron chi connectivity index (χ0n) is 5.66. The van der Waals surface area contributed by atoms with Gasteiger partial charge in [0.15, 0.2) is 5.78 Å². The summed E-state index contributed by atoms with van der Waals surface area (Å²) in [5.41, 5.74) is 0.831. The van der Waals surface area contributed by atoms with Crippen LogP contribution in [0.4, 0.5) is 0 Å². The smallest absolute Gasteiger partial charge is 0.293 e. The summed E-state index contributed by atoms with van der Waals surface area (Å²) in [7, 11) is 0. The van der Waals surface area contributed by atoms with Gasteiger partial charge in [-0.25, -0.2) is 0 Å². The molecule has 0 aromatic rings. The SMILES string of the molecule is CC1=CC(=O)C[C@H]1OC=O. The number of rotatable bonds is 2. The third-order valence-electron chi connectivity index (χ3n) is 1.50. The Morgan fingerprint density at radius 3 is 2.90 bits per heavy atom. The van der Waals surface area contributed by atoms with Crippen molar-refractivity contribution in [2.45, 2.75) is 19.4 Å². The molecule has 3 nitrogen and oxygen atoms in total. The molecule has 0 bridgehead atoms. The van der Waals surface area contributed by atoms with Gasteiger partial charge in [-0.15, -0.1) is 0 Å². The summed E-state index contributed by atoms with van der Waals surface area (Å²) in [4.78, 5) is 20.5. The number of allylic oxidation sites excluding steroid dienone is 1. The van der Waals surface area contributed by atoms with Gasteiger partial charge in [0.25, 0.3) is 6.47 Å². The lowest BCUT2D eigenvalue weighted by Crippen LogP contribution is -2.10. The predicted molar refractivity (Wildman–Crippen MR) is 34.3 cm³/mol. The summed E-state index contributed by atoms with van der Waals surface area (Å²) >= 11 is 0. The Morgan fingerprint density at radius 2 is 2.50 bits per heavy atom. The van der Waals surface area contributed by atoms with Crippen molar-refractivity contribution in [1.29, 1.82) is 0 Å². The summed E-state index contributed by atoms with van der Waals surface area (Å²) in [6.45, 7) is 2.15. The van der Waals surface area contributed by atoms with Crippen LogP contribution in [0.1, 0.15) is 13.3 Å². The van der Waals surface area contributed by atoms with E-state index in [0.29, 0.717) is 12.9 Å². The molecule has 1 rings (SSSR count). The maximum Gasteiger partial charge on any atom is 0.293 e. The van der Waals surface area contributed by atoms with Crippen molar-refractivity contribution in [3.63, 3.8) is 0 Å². The van der Waals surface area contributed by atoms with Crippen molar-refractivity contribution in [3.05, 3.63) is 11.6 Å². The molecule has 0 unspecified atom stereocenters. The van der Waals surface area contributed by atoms with E-state index in [4.69, 9.17) is 0 Å². The highest BCUT2D eigenvalue weighted by atomic mass is 16.5. The summed E-state index contributed by atoms with van der Waals surface area (Å²) in [5.74, 6) is 0.0318.